The van der Waals surface area contributed by atoms with Crippen LogP contribution in [0.25, 0.3) is 33.0 Å². The minimum atomic E-state index is -0.0433. The Morgan fingerprint density at radius 2 is 1.50 bits per heavy atom. The van der Waals surface area contributed by atoms with Crippen molar-refractivity contribution in [1.82, 2.24) is 5.32 Å². The summed E-state index contributed by atoms with van der Waals surface area (Å²) in [5.41, 5.74) is 6.92. The van der Waals surface area contributed by atoms with Gasteiger partial charge in [-0.2, -0.15) is 0 Å². The molecule has 0 saturated heterocycles. The van der Waals surface area contributed by atoms with Crippen LogP contribution in [0.5, 0.6) is 11.5 Å². The molecule has 0 aromatic heterocycles. The first-order chi connectivity index (χ1) is 17.2. The Morgan fingerprint density at radius 3 is 2.14 bits per heavy atom. The lowest BCUT2D eigenvalue weighted by Crippen LogP contribution is -2.22. The number of hydrogen-bond acceptors (Lipinski definition) is 3. The SMILES string of the molecule is COc1c(CCNC(C)=O)ccc(-c2ccc3c(-c4ccc(C(C)(C)C)cc4)cccc3c2)c1OC. The fourth-order valence-corrected chi connectivity index (χ4v) is 4.68. The summed E-state index contributed by atoms with van der Waals surface area (Å²) in [5.74, 6) is 1.36. The Morgan fingerprint density at radius 1 is 0.806 bits per heavy atom. The summed E-state index contributed by atoms with van der Waals surface area (Å²) in [6.45, 7) is 8.78. The Balaban J connectivity index is 1.73. The van der Waals surface area contributed by atoms with Gasteiger partial charge in [-0.25, -0.2) is 0 Å². The van der Waals surface area contributed by atoms with Crippen LogP contribution in [-0.2, 0) is 16.6 Å². The summed E-state index contributed by atoms with van der Waals surface area (Å²) in [6, 6.07) is 26.0. The van der Waals surface area contributed by atoms with Gasteiger partial charge in [0.25, 0.3) is 0 Å². The molecule has 0 saturated carbocycles. The van der Waals surface area contributed by atoms with Crippen LogP contribution in [0.2, 0.25) is 0 Å². The maximum atomic E-state index is 11.3. The van der Waals surface area contributed by atoms with Gasteiger partial charge in [0.05, 0.1) is 14.2 Å². The van der Waals surface area contributed by atoms with Crippen LogP contribution < -0.4 is 14.8 Å². The summed E-state index contributed by atoms with van der Waals surface area (Å²) < 4.78 is 11.6. The van der Waals surface area contributed by atoms with Crippen molar-refractivity contribution in [3.63, 3.8) is 0 Å². The second kappa shape index (κ2) is 10.4. The molecule has 0 fully saturated rings. The van der Waals surface area contributed by atoms with Crippen LogP contribution in [0.15, 0.2) is 72.8 Å². The first kappa shape index (κ1) is 25.3. The fraction of sp³-hybridized carbons (Fsp3) is 0.281. The Kier molecular flexibility index (Phi) is 7.35. The van der Waals surface area contributed by atoms with Gasteiger partial charge < -0.3 is 14.8 Å². The molecule has 0 unspecified atom stereocenters. The number of hydrogen-bond donors (Lipinski definition) is 1. The molecule has 4 aromatic carbocycles. The van der Waals surface area contributed by atoms with E-state index in [2.05, 4.69) is 98.9 Å². The fourth-order valence-electron chi connectivity index (χ4n) is 4.68. The van der Waals surface area contributed by atoms with Gasteiger partial charge in [-0.3, -0.25) is 4.79 Å². The highest BCUT2D eigenvalue weighted by Gasteiger charge is 2.17. The lowest BCUT2D eigenvalue weighted by molar-refractivity contribution is -0.118. The number of amides is 1. The van der Waals surface area contributed by atoms with E-state index in [1.54, 1.807) is 14.2 Å². The van der Waals surface area contributed by atoms with Crippen molar-refractivity contribution >= 4 is 16.7 Å². The van der Waals surface area contributed by atoms with Gasteiger partial charge in [-0.05, 0) is 56.5 Å². The molecule has 0 aliphatic rings. The molecule has 4 nitrogen and oxygen atoms in total. The van der Waals surface area contributed by atoms with Crippen molar-refractivity contribution in [1.29, 1.82) is 0 Å². The normalized spacial score (nSPS) is 11.4. The van der Waals surface area contributed by atoms with E-state index in [-0.39, 0.29) is 11.3 Å². The number of benzene rings is 4. The highest BCUT2D eigenvalue weighted by Crippen LogP contribution is 2.42. The minimum Gasteiger partial charge on any atom is -0.493 e. The van der Waals surface area contributed by atoms with Gasteiger partial charge in [0.2, 0.25) is 5.91 Å². The first-order valence-corrected chi connectivity index (χ1v) is 12.4. The number of rotatable bonds is 7. The van der Waals surface area contributed by atoms with E-state index in [0.717, 1.165) is 16.7 Å². The van der Waals surface area contributed by atoms with E-state index in [4.69, 9.17) is 9.47 Å². The van der Waals surface area contributed by atoms with Gasteiger partial charge >= 0.3 is 0 Å². The van der Waals surface area contributed by atoms with Gasteiger partial charge in [-0.15, -0.1) is 0 Å². The summed E-state index contributed by atoms with van der Waals surface area (Å²) in [5, 5.41) is 5.22. The molecule has 36 heavy (non-hydrogen) atoms. The van der Waals surface area contributed by atoms with Crippen molar-refractivity contribution in [2.45, 2.75) is 39.5 Å². The average molecular weight is 482 g/mol. The van der Waals surface area contributed by atoms with Gasteiger partial charge in [0.1, 0.15) is 0 Å². The van der Waals surface area contributed by atoms with Gasteiger partial charge in [0.15, 0.2) is 11.5 Å². The monoisotopic (exact) mass is 481 g/mol. The zero-order valence-corrected chi connectivity index (χ0v) is 22.1. The van der Waals surface area contributed by atoms with Crippen LogP contribution in [0.1, 0.15) is 38.8 Å². The number of nitrogens with one attached hydrogen (secondary N) is 1. The van der Waals surface area contributed by atoms with Crippen molar-refractivity contribution < 1.29 is 14.3 Å². The molecule has 0 aliphatic heterocycles. The highest BCUT2D eigenvalue weighted by atomic mass is 16.5. The largest absolute Gasteiger partial charge is 0.493 e. The summed E-state index contributed by atoms with van der Waals surface area (Å²) in [7, 11) is 3.32. The second-order valence-electron chi connectivity index (χ2n) is 10.1. The molecule has 4 heteroatoms. The third kappa shape index (κ3) is 5.23. The molecule has 0 heterocycles. The molecule has 1 N–H and O–H groups in total. The highest BCUT2D eigenvalue weighted by molar-refractivity contribution is 5.99. The third-order valence-electron chi connectivity index (χ3n) is 6.62. The molecule has 1 amide bonds. The number of methoxy groups -OCH3 is 2. The summed E-state index contributed by atoms with van der Waals surface area (Å²) >= 11 is 0. The quantitative estimate of drug-likeness (QED) is 0.304. The average Bonchev–Trinajstić information content (AvgIpc) is 2.86. The number of carbonyl (C=O) groups excluding carboxylic acids is 1. The predicted molar refractivity (Wildman–Crippen MR) is 149 cm³/mol. The maximum absolute atomic E-state index is 11.3. The molecular formula is C32H35NO3. The van der Waals surface area contributed by atoms with Crippen molar-refractivity contribution in [2.75, 3.05) is 20.8 Å². The van der Waals surface area contributed by atoms with Crippen LogP contribution in [0.4, 0.5) is 0 Å². The van der Waals surface area contributed by atoms with Crippen LogP contribution in [0.3, 0.4) is 0 Å². The van der Waals surface area contributed by atoms with E-state index >= 15 is 0 Å². The molecule has 0 aliphatic carbocycles. The molecule has 4 aromatic rings. The molecule has 0 bridgehead atoms. The van der Waals surface area contributed by atoms with Crippen molar-refractivity contribution in [2.24, 2.45) is 0 Å². The Labute approximate surface area is 214 Å². The lowest BCUT2D eigenvalue weighted by Gasteiger charge is -2.19. The first-order valence-electron chi connectivity index (χ1n) is 12.4. The number of carbonyl (C=O) groups is 1. The topological polar surface area (TPSA) is 47.6 Å². The predicted octanol–water partition coefficient (Wildman–Crippen LogP) is 7.17. The minimum absolute atomic E-state index is 0.0433. The standard InChI is InChI=1S/C32H35NO3/c1-21(34)33-19-18-23-12-17-29(31(36-6)30(23)35-5)25-13-16-28-24(20-25)8-7-9-27(28)22-10-14-26(15-11-22)32(2,3)4/h7-17,20H,18-19H2,1-6H3,(H,33,34). The van der Waals surface area contributed by atoms with Crippen LogP contribution >= 0.6 is 0 Å². The van der Waals surface area contributed by atoms with E-state index in [1.165, 1.54) is 34.4 Å². The van der Waals surface area contributed by atoms with E-state index < -0.39 is 0 Å². The zero-order valence-electron chi connectivity index (χ0n) is 22.1. The van der Waals surface area contributed by atoms with Crippen LogP contribution in [0, 0.1) is 0 Å². The van der Waals surface area contributed by atoms with Crippen LogP contribution in [-0.4, -0.2) is 26.7 Å². The van der Waals surface area contributed by atoms with Gasteiger partial charge in [0, 0.05) is 19.0 Å². The third-order valence-corrected chi connectivity index (χ3v) is 6.62. The molecule has 4 rings (SSSR count). The number of fused-ring (bicyclic) bond motifs is 1. The van der Waals surface area contributed by atoms with Crippen molar-refractivity contribution in [3.05, 3.63) is 83.9 Å². The molecule has 186 valence electrons. The Bertz CT molecular complexity index is 1380. The molecular weight excluding hydrogens is 446 g/mol. The van der Waals surface area contributed by atoms with E-state index in [0.29, 0.717) is 24.5 Å². The summed E-state index contributed by atoms with van der Waals surface area (Å²) in [4.78, 5) is 11.3. The summed E-state index contributed by atoms with van der Waals surface area (Å²) in [6.07, 6.45) is 0.661. The van der Waals surface area contributed by atoms with Crippen molar-refractivity contribution in [3.8, 4) is 33.8 Å². The van der Waals surface area contributed by atoms with E-state index in [9.17, 15) is 4.79 Å². The molecule has 0 atom stereocenters. The smallest absolute Gasteiger partial charge is 0.216 e. The lowest BCUT2D eigenvalue weighted by atomic mass is 9.86. The number of ether oxygens (including phenoxy) is 2. The van der Waals surface area contributed by atoms with E-state index in [1.807, 2.05) is 0 Å². The Hall–Kier alpha value is -3.79. The molecule has 0 radical (unpaired) electrons. The molecule has 0 spiro atoms. The second-order valence-corrected chi connectivity index (χ2v) is 10.1. The van der Waals surface area contributed by atoms with Gasteiger partial charge in [-0.1, -0.05) is 87.5 Å². The zero-order chi connectivity index (χ0) is 25.9. The maximum Gasteiger partial charge on any atom is 0.216 e.